The number of aliphatic carboxylic acids is 1. The SMILES string of the molecule is CCCC(NCC1(CCOC)CC1)C(=O)O. The van der Waals surface area contributed by atoms with E-state index in [1.54, 1.807) is 7.11 Å². The van der Waals surface area contributed by atoms with Crippen LogP contribution in [0.5, 0.6) is 0 Å². The maximum Gasteiger partial charge on any atom is 0.320 e. The molecular formula is C12H23NO3. The van der Waals surface area contributed by atoms with E-state index in [1.807, 2.05) is 6.92 Å². The average Bonchev–Trinajstić information content (AvgIpc) is 3.02. The van der Waals surface area contributed by atoms with Crippen molar-refractivity contribution in [2.45, 2.75) is 45.1 Å². The number of carboxylic acids is 1. The van der Waals surface area contributed by atoms with Gasteiger partial charge in [-0.05, 0) is 31.1 Å². The standard InChI is InChI=1S/C12H23NO3/c1-3-4-10(11(14)15)13-9-12(5-6-12)7-8-16-2/h10,13H,3-9H2,1-2H3,(H,14,15). The minimum atomic E-state index is -0.732. The van der Waals surface area contributed by atoms with Crippen molar-refractivity contribution in [3.05, 3.63) is 0 Å². The fourth-order valence-electron chi connectivity index (χ4n) is 1.95. The monoisotopic (exact) mass is 229 g/mol. The summed E-state index contributed by atoms with van der Waals surface area (Å²) in [5.74, 6) is -0.732. The Kier molecular flexibility index (Phi) is 5.22. The number of nitrogens with one attached hydrogen (secondary N) is 1. The highest BCUT2D eigenvalue weighted by molar-refractivity contribution is 5.73. The van der Waals surface area contributed by atoms with Gasteiger partial charge < -0.3 is 15.2 Å². The number of methoxy groups -OCH3 is 1. The van der Waals surface area contributed by atoms with E-state index in [1.165, 1.54) is 12.8 Å². The minimum Gasteiger partial charge on any atom is -0.480 e. The molecule has 94 valence electrons. The Morgan fingerprint density at radius 2 is 2.25 bits per heavy atom. The van der Waals surface area contributed by atoms with Crippen LogP contribution in [-0.4, -0.2) is 37.4 Å². The molecule has 1 unspecified atom stereocenters. The first-order valence-corrected chi connectivity index (χ1v) is 6.09. The molecule has 0 bridgehead atoms. The topological polar surface area (TPSA) is 58.6 Å². The van der Waals surface area contributed by atoms with Crippen LogP contribution in [-0.2, 0) is 9.53 Å². The normalized spacial score (nSPS) is 19.4. The van der Waals surface area contributed by atoms with Crippen LogP contribution in [0, 0.1) is 5.41 Å². The second-order valence-corrected chi connectivity index (χ2v) is 4.80. The Bertz CT molecular complexity index is 226. The molecular weight excluding hydrogens is 206 g/mol. The Hall–Kier alpha value is -0.610. The van der Waals surface area contributed by atoms with Crippen LogP contribution in [0.25, 0.3) is 0 Å². The van der Waals surface area contributed by atoms with Crippen molar-refractivity contribution < 1.29 is 14.6 Å². The van der Waals surface area contributed by atoms with E-state index in [0.717, 1.165) is 26.0 Å². The summed E-state index contributed by atoms with van der Waals surface area (Å²) in [6, 6.07) is -0.384. The number of ether oxygens (including phenoxy) is 1. The van der Waals surface area contributed by atoms with Gasteiger partial charge in [0.05, 0.1) is 0 Å². The summed E-state index contributed by atoms with van der Waals surface area (Å²) < 4.78 is 5.08. The molecule has 1 saturated carbocycles. The molecule has 1 aliphatic carbocycles. The van der Waals surface area contributed by atoms with E-state index < -0.39 is 5.97 Å². The second kappa shape index (κ2) is 6.21. The van der Waals surface area contributed by atoms with E-state index in [9.17, 15) is 4.79 Å². The van der Waals surface area contributed by atoms with Gasteiger partial charge in [-0.15, -0.1) is 0 Å². The summed E-state index contributed by atoms with van der Waals surface area (Å²) in [6.07, 6.45) is 5.03. The maximum atomic E-state index is 11.0. The molecule has 1 fully saturated rings. The van der Waals surface area contributed by atoms with Gasteiger partial charge in [0.25, 0.3) is 0 Å². The fourth-order valence-corrected chi connectivity index (χ4v) is 1.95. The molecule has 0 saturated heterocycles. The van der Waals surface area contributed by atoms with Crippen molar-refractivity contribution in [1.29, 1.82) is 0 Å². The molecule has 1 atom stereocenters. The van der Waals surface area contributed by atoms with E-state index in [2.05, 4.69) is 5.32 Å². The molecule has 16 heavy (non-hydrogen) atoms. The van der Waals surface area contributed by atoms with E-state index in [-0.39, 0.29) is 6.04 Å². The minimum absolute atomic E-state index is 0.317. The van der Waals surface area contributed by atoms with Gasteiger partial charge in [0.2, 0.25) is 0 Å². The van der Waals surface area contributed by atoms with Crippen LogP contribution in [0.2, 0.25) is 0 Å². The van der Waals surface area contributed by atoms with Crippen LogP contribution in [0.3, 0.4) is 0 Å². The number of hydrogen-bond donors (Lipinski definition) is 2. The largest absolute Gasteiger partial charge is 0.480 e. The Labute approximate surface area is 97.4 Å². The predicted octanol–water partition coefficient (Wildman–Crippen LogP) is 1.65. The van der Waals surface area contributed by atoms with E-state index >= 15 is 0 Å². The molecule has 0 aromatic heterocycles. The van der Waals surface area contributed by atoms with Crippen LogP contribution in [0.4, 0.5) is 0 Å². The third-order valence-corrected chi connectivity index (χ3v) is 3.39. The van der Waals surface area contributed by atoms with Crippen molar-refractivity contribution in [3.63, 3.8) is 0 Å². The molecule has 0 spiro atoms. The van der Waals surface area contributed by atoms with Crippen molar-refractivity contribution in [1.82, 2.24) is 5.32 Å². The van der Waals surface area contributed by atoms with Gasteiger partial charge in [0.1, 0.15) is 6.04 Å². The number of carboxylic acid groups (broad SMARTS) is 1. The van der Waals surface area contributed by atoms with Crippen molar-refractivity contribution in [2.24, 2.45) is 5.41 Å². The molecule has 1 aliphatic rings. The third kappa shape index (κ3) is 4.10. The van der Waals surface area contributed by atoms with Gasteiger partial charge >= 0.3 is 5.97 Å². The zero-order chi connectivity index (χ0) is 12.0. The molecule has 0 heterocycles. The number of rotatable bonds is 9. The molecule has 4 nitrogen and oxygen atoms in total. The number of carbonyl (C=O) groups is 1. The van der Waals surface area contributed by atoms with Gasteiger partial charge in [-0.3, -0.25) is 4.79 Å². The molecule has 4 heteroatoms. The van der Waals surface area contributed by atoms with Crippen LogP contribution >= 0.6 is 0 Å². The highest BCUT2D eigenvalue weighted by Gasteiger charge is 2.42. The molecule has 0 radical (unpaired) electrons. The van der Waals surface area contributed by atoms with Crippen LogP contribution < -0.4 is 5.32 Å². The lowest BCUT2D eigenvalue weighted by molar-refractivity contribution is -0.139. The highest BCUT2D eigenvalue weighted by atomic mass is 16.5. The Morgan fingerprint density at radius 3 is 2.69 bits per heavy atom. The van der Waals surface area contributed by atoms with E-state index in [0.29, 0.717) is 11.8 Å². The summed E-state index contributed by atoms with van der Waals surface area (Å²) in [5, 5.41) is 12.2. The van der Waals surface area contributed by atoms with E-state index in [4.69, 9.17) is 9.84 Å². The molecule has 2 N–H and O–H groups in total. The Morgan fingerprint density at radius 1 is 1.56 bits per heavy atom. The first-order valence-electron chi connectivity index (χ1n) is 6.09. The summed E-state index contributed by atoms with van der Waals surface area (Å²) in [4.78, 5) is 11.0. The van der Waals surface area contributed by atoms with Crippen molar-refractivity contribution in [3.8, 4) is 0 Å². The summed E-state index contributed by atoms with van der Waals surface area (Å²) >= 11 is 0. The van der Waals surface area contributed by atoms with Gasteiger partial charge in [-0.2, -0.15) is 0 Å². The summed E-state index contributed by atoms with van der Waals surface area (Å²) in [5.41, 5.74) is 0.317. The first kappa shape index (κ1) is 13.5. The smallest absolute Gasteiger partial charge is 0.320 e. The second-order valence-electron chi connectivity index (χ2n) is 4.80. The molecule has 0 aromatic carbocycles. The molecule has 0 amide bonds. The maximum absolute atomic E-state index is 11.0. The number of hydrogen-bond acceptors (Lipinski definition) is 3. The predicted molar refractivity (Wildman–Crippen MR) is 62.5 cm³/mol. The lowest BCUT2D eigenvalue weighted by atomic mass is 10.0. The summed E-state index contributed by atoms with van der Waals surface area (Å²) in [7, 11) is 1.71. The fraction of sp³-hybridized carbons (Fsp3) is 0.917. The molecule has 0 aromatic rings. The highest BCUT2D eigenvalue weighted by Crippen LogP contribution is 2.48. The lowest BCUT2D eigenvalue weighted by Gasteiger charge is -2.19. The molecule has 0 aliphatic heterocycles. The Balaban J connectivity index is 2.28. The first-order chi connectivity index (χ1) is 7.63. The lowest BCUT2D eigenvalue weighted by Crippen LogP contribution is -2.40. The van der Waals surface area contributed by atoms with Crippen molar-refractivity contribution in [2.75, 3.05) is 20.3 Å². The zero-order valence-electron chi connectivity index (χ0n) is 10.3. The molecule has 1 rings (SSSR count). The van der Waals surface area contributed by atoms with Crippen LogP contribution in [0.1, 0.15) is 39.0 Å². The van der Waals surface area contributed by atoms with Gasteiger partial charge in [-0.25, -0.2) is 0 Å². The van der Waals surface area contributed by atoms with Gasteiger partial charge in [0, 0.05) is 20.3 Å². The van der Waals surface area contributed by atoms with Gasteiger partial charge in [-0.1, -0.05) is 13.3 Å². The van der Waals surface area contributed by atoms with Gasteiger partial charge in [0.15, 0.2) is 0 Å². The zero-order valence-corrected chi connectivity index (χ0v) is 10.3. The quantitative estimate of drug-likeness (QED) is 0.631. The third-order valence-electron chi connectivity index (χ3n) is 3.39. The average molecular weight is 229 g/mol. The van der Waals surface area contributed by atoms with Crippen LogP contribution in [0.15, 0.2) is 0 Å². The summed E-state index contributed by atoms with van der Waals surface area (Å²) in [6.45, 7) is 3.59. The van der Waals surface area contributed by atoms with Crippen molar-refractivity contribution >= 4 is 5.97 Å².